The van der Waals surface area contributed by atoms with Crippen molar-refractivity contribution in [1.82, 2.24) is 4.90 Å². The van der Waals surface area contributed by atoms with E-state index >= 15 is 0 Å². The minimum atomic E-state index is 0.191. The van der Waals surface area contributed by atoms with Gasteiger partial charge >= 0.3 is 0 Å². The van der Waals surface area contributed by atoms with E-state index in [9.17, 15) is 4.79 Å². The molecule has 3 rings (SSSR count). The number of allylic oxidation sites excluding steroid dienone is 1. The molecule has 0 unspecified atom stereocenters. The van der Waals surface area contributed by atoms with Crippen LogP contribution in [0.4, 0.5) is 5.69 Å². The average molecular weight is 343 g/mol. The Labute approximate surface area is 148 Å². The Bertz CT molecular complexity index is 677. The van der Waals surface area contributed by atoms with Gasteiger partial charge in [-0.05, 0) is 63.7 Å². The highest BCUT2D eigenvalue weighted by Crippen LogP contribution is 2.33. The van der Waals surface area contributed by atoms with E-state index in [0.717, 1.165) is 42.2 Å². The first-order chi connectivity index (χ1) is 11.6. The first-order valence-corrected chi connectivity index (χ1v) is 9.35. The van der Waals surface area contributed by atoms with Gasteiger partial charge in [-0.15, -0.1) is 0 Å². The monoisotopic (exact) mass is 343 g/mol. The van der Waals surface area contributed by atoms with Crippen LogP contribution in [0, 0.1) is 0 Å². The smallest absolute Gasteiger partial charge is 0.207 e. The van der Waals surface area contributed by atoms with Crippen LogP contribution >= 0.6 is 11.8 Å². The molecule has 1 aromatic carbocycles. The number of fused-ring (bicyclic) bond motifs is 1. The van der Waals surface area contributed by atoms with Crippen molar-refractivity contribution in [3.8, 4) is 0 Å². The summed E-state index contributed by atoms with van der Waals surface area (Å²) in [6.45, 7) is 9.36. The fourth-order valence-electron chi connectivity index (χ4n) is 3.49. The first-order valence-electron chi connectivity index (χ1n) is 8.53. The predicted octanol–water partition coefficient (Wildman–Crippen LogP) is 3.42. The average Bonchev–Trinajstić information content (AvgIpc) is 3.18. The zero-order valence-electron chi connectivity index (χ0n) is 14.5. The molecule has 2 heterocycles. The molecule has 128 valence electrons. The second kappa shape index (κ2) is 7.53. The van der Waals surface area contributed by atoms with E-state index in [2.05, 4.69) is 46.8 Å². The maximum atomic E-state index is 12.3. The van der Waals surface area contributed by atoms with E-state index in [1.54, 1.807) is 0 Å². The number of nitrogens with zero attached hydrogens (tertiary/aromatic N) is 3. The Kier molecular flexibility index (Phi) is 5.41. The van der Waals surface area contributed by atoms with Crippen LogP contribution in [0.1, 0.15) is 30.9 Å². The van der Waals surface area contributed by atoms with Crippen LogP contribution in [-0.4, -0.2) is 50.0 Å². The van der Waals surface area contributed by atoms with E-state index in [1.807, 2.05) is 6.92 Å². The van der Waals surface area contributed by atoms with Crippen molar-refractivity contribution in [1.29, 1.82) is 0 Å². The molecule has 2 aliphatic heterocycles. The lowest BCUT2D eigenvalue weighted by Gasteiger charge is -2.14. The SMILES string of the molecule is C=N/C(=C(/C)SC(=O)CN1CCCC1)c1ccc2c(c1)CCN2C. The summed E-state index contributed by atoms with van der Waals surface area (Å²) in [5.74, 6) is 0. The van der Waals surface area contributed by atoms with Gasteiger partial charge in [-0.25, -0.2) is 0 Å². The van der Waals surface area contributed by atoms with Crippen LogP contribution in [0.15, 0.2) is 28.1 Å². The van der Waals surface area contributed by atoms with Crippen LogP contribution in [0.25, 0.3) is 5.70 Å². The molecule has 1 saturated heterocycles. The van der Waals surface area contributed by atoms with Crippen molar-refractivity contribution in [2.75, 3.05) is 38.1 Å². The molecular formula is C19H25N3OS. The van der Waals surface area contributed by atoms with Gasteiger partial charge < -0.3 is 4.90 Å². The van der Waals surface area contributed by atoms with E-state index in [0.29, 0.717) is 6.54 Å². The van der Waals surface area contributed by atoms with Gasteiger partial charge in [-0.2, -0.15) is 0 Å². The van der Waals surface area contributed by atoms with Crippen LogP contribution < -0.4 is 4.90 Å². The highest BCUT2D eigenvalue weighted by Gasteiger charge is 2.19. The number of hydrogen-bond acceptors (Lipinski definition) is 5. The molecular weight excluding hydrogens is 318 g/mol. The lowest BCUT2D eigenvalue weighted by molar-refractivity contribution is -0.111. The summed E-state index contributed by atoms with van der Waals surface area (Å²) in [5, 5.41) is 0.191. The summed E-state index contributed by atoms with van der Waals surface area (Å²) in [4.78, 5) is 22.0. The van der Waals surface area contributed by atoms with Crippen LogP contribution in [0.3, 0.4) is 0 Å². The van der Waals surface area contributed by atoms with Crippen LogP contribution in [0.2, 0.25) is 0 Å². The van der Waals surface area contributed by atoms with E-state index in [1.165, 1.54) is 35.9 Å². The molecule has 0 bridgehead atoms. The summed E-state index contributed by atoms with van der Waals surface area (Å²) >= 11 is 1.30. The molecule has 2 aliphatic rings. The minimum Gasteiger partial charge on any atom is -0.374 e. The fraction of sp³-hybridized carbons (Fsp3) is 0.474. The number of aliphatic imine (C=N–C) groups is 1. The fourth-order valence-corrected chi connectivity index (χ4v) is 4.36. The third-order valence-corrected chi connectivity index (χ3v) is 5.65. The Morgan fingerprint density at radius 1 is 1.29 bits per heavy atom. The predicted molar refractivity (Wildman–Crippen MR) is 104 cm³/mol. The molecule has 0 aromatic heterocycles. The van der Waals surface area contributed by atoms with E-state index in [4.69, 9.17) is 0 Å². The van der Waals surface area contributed by atoms with Gasteiger partial charge in [0.25, 0.3) is 0 Å². The molecule has 1 aromatic rings. The summed E-state index contributed by atoms with van der Waals surface area (Å²) in [6.07, 6.45) is 3.47. The lowest BCUT2D eigenvalue weighted by atomic mass is 10.1. The lowest BCUT2D eigenvalue weighted by Crippen LogP contribution is -2.25. The molecule has 4 nitrogen and oxygen atoms in total. The standard InChI is InChI=1S/C19H25N3OS/c1-14(24-18(23)13-22-9-4-5-10-22)19(20-2)16-6-7-17-15(12-16)8-11-21(17)3/h6-7,12H,2,4-5,8-11,13H2,1,3H3/b19-14-. The summed E-state index contributed by atoms with van der Waals surface area (Å²) < 4.78 is 0. The molecule has 0 amide bonds. The maximum Gasteiger partial charge on any atom is 0.207 e. The van der Waals surface area contributed by atoms with Gasteiger partial charge in [0.05, 0.1) is 12.2 Å². The Balaban J connectivity index is 1.75. The zero-order chi connectivity index (χ0) is 17.1. The van der Waals surface area contributed by atoms with Crippen LogP contribution in [0.5, 0.6) is 0 Å². The van der Waals surface area contributed by atoms with Crippen molar-refractivity contribution in [2.24, 2.45) is 4.99 Å². The highest BCUT2D eigenvalue weighted by molar-refractivity contribution is 8.17. The second-order valence-corrected chi connectivity index (χ2v) is 7.81. The Morgan fingerprint density at radius 3 is 2.75 bits per heavy atom. The Morgan fingerprint density at radius 2 is 2.04 bits per heavy atom. The van der Waals surface area contributed by atoms with Crippen molar-refractivity contribution in [3.63, 3.8) is 0 Å². The normalized spacial score (nSPS) is 18.5. The summed E-state index contributed by atoms with van der Waals surface area (Å²) in [6, 6.07) is 6.42. The highest BCUT2D eigenvalue weighted by atomic mass is 32.2. The number of likely N-dealkylation sites (N-methyl/N-ethyl adjacent to an activating group) is 1. The molecule has 0 radical (unpaired) electrons. The number of hydrogen-bond donors (Lipinski definition) is 0. The van der Waals surface area contributed by atoms with Gasteiger partial charge in [0, 0.05) is 29.7 Å². The molecule has 0 spiro atoms. The van der Waals surface area contributed by atoms with Crippen molar-refractivity contribution in [2.45, 2.75) is 26.2 Å². The molecule has 5 heteroatoms. The number of thioether (sulfide) groups is 1. The largest absolute Gasteiger partial charge is 0.374 e. The molecule has 1 fully saturated rings. The van der Waals surface area contributed by atoms with Gasteiger partial charge in [0.2, 0.25) is 5.12 Å². The number of anilines is 1. The van der Waals surface area contributed by atoms with Crippen molar-refractivity contribution < 1.29 is 4.79 Å². The number of benzene rings is 1. The molecule has 24 heavy (non-hydrogen) atoms. The number of carbonyl (C=O) groups is 1. The topological polar surface area (TPSA) is 35.9 Å². The number of likely N-dealkylation sites (tertiary alicyclic amines) is 1. The van der Waals surface area contributed by atoms with E-state index in [-0.39, 0.29) is 5.12 Å². The quantitative estimate of drug-likeness (QED) is 0.768. The summed E-state index contributed by atoms with van der Waals surface area (Å²) in [7, 11) is 2.12. The third-order valence-electron chi connectivity index (χ3n) is 4.79. The number of carbonyl (C=O) groups excluding carboxylic acids is 1. The third kappa shape index (κ3) is 3.73. The van der Waals surface area contributed by atoms with Crippen LogP contribution in [-0.2, 0) is 11.2 Å². The molecule has 0 atom stereocenters. The first kappa shape index (κ1) is 17.2. The van der Waals surface area contributed by atoms with Gasteiger partial charge in [0.1, 0.15) is 0 Å². The van der Waals surface area contributed by atoms with Crippen molar-refractivity contribution in [3.05, 3.63) is 34.2 Å². The molecule has 0 N–H and O–H groups in total. The summed E-state index contributed by atoms with van der Waals surface area (Å²) in [5.41, 5.74) is 4.51. The molecule has 0 aliphatic carbocycles. The minimum absolute atomic E-state index is 0.191. The van der Waals surface area contributed by atoms with Gasteiger partial charge in [-0.3, -0.25) is 14.7 Å². The van der Waals surface area contributed by atoms with E-state index < -0.39 is 0 Å². The Hall–Kier alpha value is -1.59. The van der Waals surface area contributed by atoms with Gasteiger partial charge in [-0.1, -0.05) is 17.8 Å². The molecule has 0 saturated carbocycles. The second-order valence-electron chi connectivity index (χ2n) is 6.54. The maximum absolute atomic E-state index is 12.3. The zero-order valence-corrected chi connectivity index (χ0v) is 15.4. The van der Waals surface area contributed by atoms with Gasteiger partial charge in [0.15, 0.2) is 0 Å². The number of rotatable bonds is 5. The van der Waals surface area contributed by atoms with Crippen molar-refractivity contribution >= 4 is 35.0 Å².